The van der Waals surface area contributed by atoms with Gasteiger partial charge < -0.3 is 21.3 Å². The molecule has 1 atom stereocenters. The van der Waals surface area contributed by atoms with E-state index in [0.717, 1.165) is 28.0 Å². The Labute approximate surface area is 148 Å². The summed E-state index contributed by atoms with van der Waals surface area (Å²) in [6.07, 6.45) is 1.81. The number of para-hydroxylation sites is 1. The van der Waals surface area contributed by atoms with Gasteiger partial charge in [-0.15, -0.1) is 5.10 Å². The van der Waals surface area contributed by atoms with Gasteiger partial charge in [-0.2, -0.15) is 0 Å². The molecule has 1 aliphatic heterocycles. The average Bonchev–Trinajstić information content (AvgIpc) is 2.99. The number of aromatic hydroxyl groups is 2. The zero-order valence-electron chi connectivity index (χ0n) is 13.6. The fourth-order valence-corrected chi connectivity index (χ4v) is 3.55. The van der Waals surface area contributed by atoms with Crippen molar-refractivity contribution in [2.75, 3.05) is 11.1 Å². The Balaban J connectivity index is 1.87. The lowest BCUT2D eigenvalue weighted by atomic mass is 9.98. The lowest BCUT2D eigenvalue weighted by molar-refractivity contribution is 0.453. The van der Waals surface area contributed by atoms with Crippen molar-refractivity contribution in [2.45, 2.75) is 6.04 Å². The minimum absolute atomic E-state index is 0.0846. The van der Waals surface area contributed by atoms with Crippen LogP contribution in [-0.4, -0.2) is 24.8 Å². The summed E-state index contributed by atoms with van der Waals surface area (Å²) >= 11 is 0. The molecule has 5 rings (SSSR count). The zero-order chi connectivity index (χ0) is 17.8. The molecule has 4 aromatic rings. The highest BCUT2D eigenvalue weighted by atomic mass is 16.3. The van der Waals surface area contributed by atoms with Crippen LogP contribution in [0.1, 0.15) is 17.2 Å². The van der Waals surface area contributed by atoms with E-state index in [1.54, 1.807) is 10.6 Å². The maximum absolute atomic E-state index is 10.4. The van der Waals surface area contributed by atoms with Crippen LogP contribution < -0.4 is 11.1 Å². The second-order valence-corrected chi connectivity index (χ2v) is 6.25. The van der Waals surface area contributed by atoms with Crippen molar-refractivity contribution < 1.29 is 10.2 Å². The van der Waals surface area contributed by atoms with Crippen LogP contribution in [0.5, 0.6) is 11.5 Å². The first-order chi connectivity index (χ1) is 12.6. The van der Waals surface area contributed by atoms with Crippen molar-refractivity contribution in [3.05, 3.63) is 65.9 Å². The number of hydrogen-bond donors (Lipinski definition) is 4. The van der Waals surface area contributed by atoms with Crippen molar-refractivity contribution >= 4 is 17.2 Å². The normalized spacial score (nSPS) is 15.3. The highest BCUT2D eigenvalue weighted by molar-refractivity contribution is 5.90. The Kier molecular flexibility index (Phi) is 2.88. The molecule has 128 valence electrons. The maximum Gasteiger partial charge on any atom is 0.238 e. The number of phenolic OH excluding ortho intramolecular Hbond substituents is 2. The monoisotopic (exact) mass is 345 g/mol. The molecular weight excluding hydrogens is 330 g/mol. The van der Waals surface area contributed by atoms with Gasteiger partial charge in [0.15, 0.2) is 0 Å². The van der Waals surface area contributed by atoms with Crippen molar-refractivity contribution in [2.24, 2.45) is 0 Å². The maximum atomic E-state index is 10.4. The van der Waals surface area contributed by atoms with E-state index < -0.39 is 0 Å². The van der Waals surface area contributed by atoms with Gasteiger partial charge in [-0.25, -0.2) is 9.50 Å². The quantitative estimate of drug-likeness (QED) is 0.395. The minimum atomic E-state index is -0.387. The number of nitrogen functional groups attached to an aromatic ring is 1. The van der Waals surface area contributed by atoms with E-state index in [-0.39, 0.29) is 23.5 Å². The van der Waals surface area contributed by atoms with E-state index in [1.165, 1.54) is 12.1 Å². The smallest absolute Gasteiger partial charge is 0.238 e. The number of benzene rings is 2. The number of phenols is 2. The lowest BCUT2D eigenvalue weighted by Crippen LogP contribution is -2.11. The summed E-state index contributed by atoms with van der Waals surface area (Å²) in [4.78, 5) is 4.47. The van der Waals surface area contributed by atoms with Crippen LogP contribution in [0, 0.1) is 0 Å². The van der Waals surface area contributed by atoms with E-state index in [1.807, 2.05) is 36.5 Å². The minimum Gasteiger partial charge on any atom is -0.508 e. The van der Waals surface area contributed by atoms with Crippen LogP contribution in [0.4, 0.5) is 11.6 Å². The first kappa shape index (κ1) is 14.6. The van der Waals surface area contributed by atoms with Gasteiger partial charge in [0.1, 0.15) is 17.2 Å². The summed E-state index contributed by atoms with van der Waals surface area (Å²) in [5.74, 6) is 0.362. The summed E-state index contributed by atoms with van der Waals surface area (Å²) in [7, 11) is 0. The molecule has 0 spiro atoms. The molecule has 2 aromatic heterocycles. The highest BCUT2D eigenvalue weighted by Gasteiger charge is 2.28. The second-order valence-electron chi connectivity index (χ2n) is 6.25. The van der Waals surface area contributed by atoms with Gasteiger partial charge >= 0.3 is 0 Å². The van der Waals surface area contributed by atoms with Crippen LogP contribution in [0.2, 0.25) is 0 Å². The summed E-state index contributed by atoms with van der Waals surface area (Å²) in [5.41, 5.74) is 10.6. The van der Waals surface area contributed by atoms with Crippen molar-refractivity contribution in [3.63, 3.8) is 0 Å². The Morgan fingerprint density at radius 3 is 2.77 bits per heavy atom. The number of aromatic nitrogens is 3. The molecule has 5 N–H and O–H groups in total. The molecule has 7 nitrogen and oxygen atoms in total. The summed E-state index contributed by atoms with van der Waals surface area (Å²) in [6.45, 7) is 0. The number of anilines is 2. The molecule has 1 unspecified atom stereocenters. The molecule has 26 heavy (non-hydrogen) atoms. The van der Waals surface area contributed by atoms with Crippen molar-refractivity contribution in [1.82, 2.24) is 14.6 Å². The molecule has 2 aromatic carbocycles. The topological polar surface area (TPSA) is 109 Å². The number of rotatable bonds is 1. The van der Waals surface area contributed by atoms with E-state index >= 15 is 0 Å². The summed E-state index contributed by atoms with van der Waals surface area (Å²) in [5, 5.41) is 28.1. The SMILES string of the molecule is Nc1nc2c3c(ccn3n1)C(c1cc(O)ccc1O)Nc1ccccc1-2. The number of nitrogens with one attached hydrogen (secondary N) is 1. The van der Waals surface area contributed by atoms with Gasteiger partial charge in [0.2, 0.25) is 5.95 Å². The van der Waals surface area contributed by atoms with Crippen LogP contribution in [-0.2, 0) is 0 Å². The van der Waals surface area contributed by atoms with Crippen molar-refractivity contribution in [1.29, 1.82) is 0 Å². The third-order valence-corrected chi connectivity index (χ3v) is 4.67. The second kappa shape index (κ2) is 5.13. The fourth-order valence-electron chi connectivity index (χ4n) is 3.55. The van der Waals surface area contributed by atoms with Crippen LogP contribution >= 0.6 is 0 Å². The Bertz CT molecular complexity index is 1170. The largest absolute Gasteiger partial charge is 0.508 e. The van der Waals surface area contributed by atoms with E-state index in [9.17, 15) is 10.2 Å². The molecule has 3 heterocycles. The third kappa shape index (κ3) is 2.00. The first-order valence-corrected chi connectivity index (χ1v) is 8.14. The Morgan fingerprint density at radius 1 is 1.04 bits per heavy atom. The number of nitrogens with zero attached hydrogens (tertiary/aromatic N) is 3. The summed E-state index contributed by atoms with van der Waals surface area (Å²) in [6, 6.07) is 13.8. The summed E-state index contributed by atoms with van der Waals surface area (Å²) < 4.78 is 1.70. The fraction of sp³-hybridized carbons (Fsp3) is 0.0526. The number of nitrogens with two attached hydrogens (primary N) is 1. The van der Waals surface area contributed by atoms with Crippen LogP contribution in [0.25, 0.3) is 16.8 Å². The van der Waals surface area contributed by atoms with E-state index in [2.05, 4.69) is 15.4 Å². The predicted octanol–water partition coefficient (Wildman–Crippen LogP) is 2.90. The zero-order valence-corrected chi connectivity index (χ0v) is 13.6. The standard InChI is InChI=1S/C19H15N5O2/c20-19-22-17-11-3-1-2-4-14(11)21-16(12-7-8-24(23-19)18(12)17)13-9-10(25)5-6-15(13)26/h1-9,16,21,25-26H,(H2,20,23). The third-order valence-electron chi connectivity index (χ3n) is 4.67. The van der Waals surface area contributed by atoms with Crippen molar-refractivity contribution in [3.8, 4) is 22.8 Å². The molecule has 0 bridgehead atoms. The van der Waals surface area contributed by atoms with Gasteiger partial charge in [-0.3, -0.25) is 0 Å². The Morgan fingerprint density at radius 2 is 1.88 bits per heavy atom. The van der Waals surface area contributed by atoms with E-state index in [4.69, 9.17) is 5.73 Å². The van der Waals surface area contributed by atoms with Gasteiger partial charge in [-0.1, -0.05) is 18.2 Å². The average molecular weight is 345 g/mol. The van der Waals surface area contributed by atoms with Gasteiger partial charge in [0.25, 0.3) is 0 Å². The molecule has 0 saturated heterocycles. The Hall–Kier alpha value is -3.74. The van der Waals surface area contributed by atoms with E-state index in [0.29, 0.717) is 5.56 Å². The molecule has 0 fully saturated rings. The lowest BCUT2D eigenvalue weighted by Gasteiger charge is -2.20. The molecule has 1 aliphatic rings. The highest BCUT2D eigenvalue weighted by Crippen LogP contribution is 2.43. The molecular formula is C19H15N5O2. The van der Waals surface area contributed by atoms with Gasteiger partial charge in [-0.05, 0) is 30.3 Å². The van der Waals surface area contributed by atoms with Crippen LogP contribution in [0.15, 0.2) is 54.7 Å². The van der Waals surface area contributed by atoms with Gasteiger partial charge in [0.05, 0.1) is 11.6 Å². The molecule has 0 amide bonds. The van der Waals surface area contributed by atoms with Crippen LogP contribution in [0.3, 0.4) is 0 Å². The first-order valence-electron chi connectivity index (χ1n) is 8.14. The molecule has 0 saturated carbocycles. The predicted molar refractivity (Wildman–Crippen MR) is 98.1 cm³/mol. The number of fused-ring (bicyclic) bond motifs is 2. The molecule has 7 heteroatoms. The molecule has 0 radical (unpaired) electrons. The van der Waals surface area contributed by atoms with Gasteiger partial charge in [0, 0.05) is 28.6 Å². The number of hydrogen-bond acceptors (Lipinski definition) is 6. The molecule has 0 aliphatic carbocycles.